The molecular weight excluding hydrogens is 234 g/mol. The lowest BCUT2D eigenvalue weighted by Crippen LogP contribution is -2.45. The third kappa shape index (κ3) is 3.11. The molecule has 1 aromatic carbocycles. The quantitative estimate of drug-likeness (QED) is 0.889. The Balaban J connectivity index is 2.16. The maximum absolute atomic E-state index is 9.85. The monoisotopic (exact) mass is 261 g/mol. The van der Waals surface area contributed by atoms with E-state index in [9.17, 15) is 5.11 Å². The Hall–Kier alpha value is -1.02. The fraction of sp³-hybridized carbons (Fsp3) is 0.647. The van der Waals surface area contributed by atoms with E-state index in [1.807, 2.05) is 6.92 Å². The summed E-state index contributed by atoms with van der Waals surface area (Å²) in [6.45, 7) is 10.2. The van der Waals surface area contributed by atoms with Gasteiger partial charge >= 0.3 is 0 Å². The highest BCUT2D eigenvalue weighted by Gasteiger charge is 2.28. The molecule has 1 fully saturated rings. The molecule has 1 aliphatic rings. The molecule has 0 saturated carbocycles. The number of anilines is 1. The van der Waals surface area contributed by atoms with Crippen molar-refractivity contribution in [2.45, 2.75) is 52.7 Å². The number of rotatable bonds is 3. The Morgan fingerprint density at radius 1 is 1.21 bits per heavy atom. The van der Waals surface area contributed by atoms with E-state index in [2.05, 4.69) is 49.9 Å². The van der Waals surface area contributed by atoms with Crippen LogP contribution in [0.25, 0.3) is 0 Å². The highest BCUT2D eigenvalue weighted by atomic mass is 16.3. The number of hydrogen-bond acceptors (Lipinski definition) is 2. The van der Waals surface area contributed by atoms with Gasteiger partial charge in [-0.05, 0) is 49.3 Å². The molecule has 2 nitrogen and oxygen atoms in total. The molecule has 0 bridgehead atoms. The van der Waals surface area contributed by atoms with Crippen molar-refractivity contribution < 1.29 is 5.11 Å². The minimum atomic E-state index is -0.328. The standard InChI is InChI=1S/C17H27NO/c1-5-17(19)15-6-8-16(9-7-15)18-11-12(2)10-13(3)14(18)4/h6-9,12-14,17,19H,5,10-11H2,1-4H3/t12?,13?,14?,17-/m1/s1. The molecule has 1 aromatic rings. The third-order valence-electron chi connectivity index (χ3n) is 4.59. The summed E-state index contributed by atoms with van der Waals surface area (Å²) in [5.41, 5.74) is 2.31. The van der Waals surface area contributed by atoms with E-state index < -0.39 is 0 Å². The normalized spacial score (nSPS) is 29.3. The average molecular weight is 261 g/mol. The molecule has 0 aromatic heterocycles. The van der Waals surface area contributed by atoms with Gasteiger partial charge in [0.2, 0.25) is 0 Å². The van der Waals surface area contributed by atoms with Crippen molar-refractivity contribution in [2.24, 2.45) is 11.8 Å². The van der Waals surface area contributed by atoms with E-state index >= 15 is 0 Å². The minimum absolute atomic E-state index is 0.328. The first-order valence-corrected chi connectivity index (χ1v) is 7.57. The fourth-order valence-corrected chi connectivity index (χ4v) is 3.18. The molecule has 0 spiro atoms. The molecule has 2 rings (SSSR count). The molecule has 19 heavy (non-hydrogen) atoms. The van der Waals surface area contributed by atoms with E-state index in [1.165, 1.54) is 12.1 Å². The van der Waals surface area contributed by atoms with Crippen LogP contribution in [0, 0.1) is 11.8 Å². The van der Waals surface area contributed by atoms with Crippen molar-refractivity contribution in [2.75, 3.05) is 11.4 Å². The van der Waals surface area contributed by atoms with E-state index in [0.29, 0.717) is 6.04 Å². The smallest absolute Gasteiger partial charge is 0.0787 e. The van der Waals surface area contributed by atoms with Crippen molar-refractivity contribution in [1.82, 2.24) is 0 Å². The molecular formula is C17H27NO. The maximum atomic E-state index is 9.85. The van der Waals surface area contributed by atoms with Gasteiger partial charge in [-0.1, -0.05) is 32.9 Å². The van der Waals surface area contributed by atoms with Gasteiger partial charge in [0.1, 0.15) is 0 Å². The minimum Gasteiger partial charge on any atom is -0.388 e. The molecule has 0 radical (unpaired) electrons. The van der Waals surface area contributed by atoms with E-state index in [-0.39, 0.29) is 6.10 Å². The van der Waals surface area contributed by atoms with Crippen molar-refractivity contribution in [3.63, 3.8) is 0 Å². The molecule has 1 heterocycles. The zero-order chi connectivity index (χ0) is 14.0. The number of benzene rings is 1. The Bertz CT molecular complexity index is 400. The zero-order valence-corrected chi connectivity index (χ0v) is 12.6. The number of aliphatic hydroxyl groups is 1. The predicted molar refractivity (Wildman–Crippen MR) is 81.4 cm³/mol. The first-order valence-electron chi connectivity index (χ1n) is 7.57. The SMILES string of the molecule is CC[C@@H](O)c1ccc(N2CC(C)CC(C)C2C)cc1. The summed E-state index contributed by atoms with van der Waals surface area (Å²) in [5.74, 6) is 1.50. The van der Waals surface area contributed by atoms with Gasteiger partial charge in [0.05, 0.1) is 6.10 Å². The highest BCUT2D eigenvalue weighted by molar-refractivity contribution is 5.49. The molecule has 2 heteroatoms. The van der Waals surface area contributed by atoms with Crippen LogP contribution in [0.2, 0.25) is 0 Å². The fourth-order valence-electron chi connectivity index (χ4n) is 3.18. The van der Waals surface area contributed by atoms with Gasteiger partial charge < -0.3 is 10.0 Å². The molecule has 1 N–H and O–H groups in total. The van der Waals surface area contributed by atoms with Crippen LogP contribution in [-0.2, 0) is 0 Å². The van der Waals surface area contributed by atoms with Gasteiger partial charge in [-0.2, -0.15) is 0 Å². The summed E-state index contributed by atoms with van der Waals surface area (Å²) in [5, 5.41) is 9.85. The van der Waals surface area contributed by atoms with Crippen LogP contribution in [-0.4, -0.2) is 17.7 Å². The Kier molecular flexibility index (Phi) is 4.51. The Morgan fingerprint density at radius 2 is 1.84 bits per heavy atom. The number of nitrogens with zero attached hydrogens (tertiary/aromatic N) is 1. The van der Waals surface area contributed by atoms with Crippen LogP contribution in [0.4, 0.5) is 5.69 Å². The van der Waals surface area contributed by atoms with Crippen molar-refractivity contribution >= 4 is 5.69 Å². The summed E-state index contributed by atoms with van der Waals surface area (Å²) >= 11 is 0. The third-order valence-corrected chi connectivity index (χ3v) is 4.59. The highest BCUT2D eigenvalue weighted by Crippen LogP contribution is 2.31. The Morgan fingerprint density at radius 3 is 2.42 bits per heavy atom. The lowest BCUT2D eigenvalue weighted by Gasteiger charge is -2.42. The van der Waals surface area contributed by atoms with E-state index in [0.717, 1.165) is 30.4 Å². The average Bonchev–Trinajstić information content (AvgIpc) is 2.42. The van der Waals surface area contributed by atoms with Gasteiger partial charge in [0, 0.05) is 18.3 Å². The molecule has 1 saturated heterocycles. The van der Waals surface area contributed by atoms with Gasteiger partial charge in [-0.25, -0.2) is 0 Å². The van der Waals surface area contributed by atoms with Crippen molar-refractivity contribution in [3.05, 3.63) is 29.8 Å². The summed E-state index contributed by atoms with van der Waals surface area (Å²) in [6, 6.07) is 9.06. The molecule has 3 unspecified atom stereocenters. The largest absolute Gasteiger partial charge is 0.388 e. The second kappa shape index (κ2) is 5.96. The predicted octanol–water partition coefficient (Wildman–Crippen LogP) is 4.00. The second-order valence-electron chi connectivity index (χ2n) is 6.23. The van der Waals surface area contributed by atoms with Crippen molar-refractivity contribution in [3.8, 4) is 0 Å². The van der Waals surface area contributed by atoms with Gasteiger partial charge in [-0.3, -0.25) is 0 Å². The maximum Gasteiger partial charge on any atom is 0.0787 e. The summed E-state index contributed by atoms with van der Waals surface area (Å²) in [6.07, 6.45) is 1.77. The van der Waals surface area contributed by atoms with Crippen LogP contribution in [0.5, 0.6) is 0 Å². The number of hydrogen-bond donors (Lipinski definition) is 1. The summed E-state index contributed by atoms with van der Waals surface area (Å²) < 4.78 is 0. The summed E-state index contributed by atoms with van der Waals surface area (Å²) in [7, 11) is 0. The number of aliphatic hydroxyl groups excluding tert-OH is 1. The lowest BCUT2D eigenvalue weighted by molar-refractivity contribution is 0.173. The van der Waals surface area contributed by atoms with Crippen LogP contribution >= 0.6 is 0 Å². The number of piperidine rings is 1. The molecule has 0 aliphatic carbocycles. The van der Waals surface area contributed by atoms with Crippen LogP contribution in [0.1, 0.15) is 52.2 Å². The topological polar surface area (TPSA) is 23.5 Å². The molecule has 4 atom stereocenters. The van der Waals surface area contributed by atoms with Crippen LogP contribution in [0.15, 0.2) is 24.3 Å². The van der Waals surface area contributed by atoms with Gasteiger partial charge in [0.25, 0.3) is 0 Å². The first kappa shape index (κ1) is 14.4. The van der Waals surface area contributed by atoms with Gasteiger partial charge in [0.15, 0.2) is 0 Å². The van der Waals surface area contributed by atoms with E-state index in [1.54, 1.807) is 0 Å². The van der Waals surface area contributed by atoms with Crippen molar-refractivity contribution in [1.29, 1.82) is 0 Å². The Labute approximate surface area is 117 Å². The van der Waals surface area contributed by atoms with Crippen LogP contribution in [0.3, 0.4) is 0 Å². The zero-order valence-electron chi connectivity index (χ0n) is 12.6. The molecule has 0 amide bonds. The molecule has 106 valence electrons. The van der Waals surface area contributed by atoms with E-state index in [4.69, 9.17) is 0 Å². The van der Waals surface area contributed by atoms with Gasteiger partial charge in [-0.15, -0.1) is 0 Å². The first-order chi connectivity index (χ1) is 9.02. The van der Waals surface area contributed by atoms with Crippen LogP contribution < -0.4 is 4.90 Å². The second-order valence-corrected chi connectivity index (χ2v) is 6.23. The lowest BCUT2D eigenvalue weighted by atomic mass is 9.85. The summed E-state index contributed by atoms with van der Waals surface area (Å²) in [4.78, 5) is 2.51. The molecule has 1 aliphatic heterocycles.